The van der Waals surface area contributed by atoms with Crippen LogP contribution in [0, 0.1) is 0 Å². The first-order chi connectivity index (χ1) is 31.7. The van der Waals surface area contributed by atoms with Crippen molar-refractivity contribution in [2.24, 2.45) is 0 Å². The quantitative estimate of drug-likeness (QED) is 0.166. The fraction of sp³-hybridized carbons (Fsp3) is 0. The highest BCUT2D eigenvalue weighted by Gasteiger charge is 2.21. The molecule has 13 aromatic rings. The van der Waals surface area contributed by atoms with Gasteiger partial charge in [-0.05, 0) is 148 Å². The predicted molar refractivity (Wildman–Crippen MR) is 272 cm³/mol. The van der Waals surface area contributed by atoms with Gasteiger partial charge in [-0.25, -0.2) is 0 Å². The fourth-order valence-corrected chi connectivity index (χ4v) is 9.95. The van der Waals surface area contributed by atoms with E-state index in [0.717, 1.165) is 44.6 Å². The van der Waals surface area contributed by atoms with E-state index in [9.17, 15) is 0 Å². The summed E-state index contributed by atoms with van der Waals surface area (Å²) in [6, 6.07) is 86.1. The lowest BCUT2D eigenvalue weighted by molar-refractivity contribution is 0.669. The molecule has 298 valence electrons. The molecule has 0 saturated heterocycles. The Morgan fingerprint density at radius 2 is 0.781 bits per heavy atom. The third kappa shape index (κ3) is 6.03. The number of para-hydroxylation sites is 1. The van der Waals surface area contributed by atoms with Gasteiger partial charge in [-0.1, -0.05) is 176 Å². The van der Waals surface area contributed by atoms with Gasteiger partial charge in [0.1, 0.15) is 5.58 Å². The van der Waals surface area contributed by atoms with Crippen LogP contribution < -0.4 is 4.90 Å². The molecule has 0 fully saturated rings. The van der Waals surface area contributed by atoms with Crippen LogP contribution in [0.1, 0.15) is 0 Å². The van der Waals surface area contributed by atoms with Crippen molar-refractivity contribution in [1.82, 2.24) is 0 Å². The van der Waals surface area contributed by atoms with Crippen LogP contribution in [0.5, 0.6) is 0 Å². The summed E-state index contributed by atoms with van der Waals surface area (Å²) >= 11 is 0. The van der Waals surface area contributed by atoms with Crippen LogP contribution in [0.2, 0.25) is 0 Å². The van der Waals surface area contributed by atoms with Crippen molar-refractivity contribution >= 4 is 92.9 Å². The number of furan rings is 1. The minimum atomic E-state index is 0.862. The second kappa shape index (κ2) is 14.6. The first-order valence-corrected chi connectivity index (χ1v) is 22.0. The molecule has 1 heterocycles. The zero-order valence-corrected chi connectivity index (χ0v) is 34.9. The standard InChI is InChI=1S/C62H39NO/c1-3-12-44-35-47(21-19-40(44)9-1)50-25-24-48-36-46(22-23-49(48)37-50)42-27-30-53(31-28-42)63(59-18-8-17-58-61-57-15-6-5-11-43(57)29-34-60(61)64-62(58)59)54-32-33-56-51(39-54)14-7-16-55(56)52-26-20-41-10-2-4-13-45(41)38-52/h1-39H. The third-order valence-electron chi connectivity index (χ3n) is 13.2. The van der Waals surface area contributed by atoms with E-state index in [2.05, 4.69) is 241 Å². The third-order valence-corrected chi connectivity index (χ3v) is 13.2. The zero-order chi connectivity index (χ0) is 42.1. The number of nitrogens with zero attached hydrogens (tertiary/aromatic N) is 1. The molecule has 0 aliphatic carbocycles. The second-order valence-electron chi connectivity index (χ2n) is 16.9. The Kier molecular flexibility index (Phi) is 8.25. The van der Waals surface area contributed by atoms with E-state index >= 15 is 0 Å². The van der Waals surface area contributed by atoms with Gasteiger partial charge in [0.2, 0.25) is 0 Å². The van der Waals surface area contributed by atoms with Crippen molar-refractivity contribution < 1.29 is 4.42 Å². The van der Waals surface area contributed by atoms with Gasteiger partial charge < -0.3 is 9.32 Å². The minimum Gasteiger partial charge on any atom is -0.454 e. The molecule has 0 spiro atoms. The predicted octanol–water partition coefficient (Wildman–Crippen LogP) is 17.8. The molecule has 12 aromatic carbocycles. The zero-order valence-electron chi connectivity index (χ0n) is 34.9. The number of benzene rings is 12. The number of hydrogen-bond acceptors (Lipinski definition) is 2. The normalized spacial score (nSPS) is 11.8. The highest BCUT2D eigenvalue weighted by Crippen LogP contribution is 2.45. The van der Waals surface area contributed by atoms with Crippen molar-refractivity contribution in [1.29, 1.82) is 0 Å². The molecule has 0 N–H and O–H groups in total. The number of fused-ring (bicyclic) bond motifs is 9. The largest absolute Gasteiger partial charge is 0.454 e. The van der Waals surface area contributed by atoms with Crippen molar-refractivity contribution in [3.63, 3.8) is 0 Å². The van der Waals surface area contributed by atoms with Crippen molar-refractivity contribution in [2.75, 3.05) is 4.90 Å². The average Bonchev–Trinajstić information content (AvgIpc) is 3.76. The lowest BCUT2D eigenvalue weighted by atomic mass is 9.95. The maximum absolute atomic E-state index is 6.86. The van der Waals surface area contributed by atoms with Gasteiger partial charge in [0.25, 0.3) is 0 Å². The molecule has 0 unspecified atom stereocenters. The van der Waals surface area contributed by atoms with Gasteiger partial charge in [0, 0.05) is 22.1 Å². The molecule has 1 aromatic heterocycles. The Hall–Kier alpha value is -8.46. The molecule has 0 aliphatic rings. The molecule has 0 saturated carbocycles. The summed E-state index contributed by atoms with van der Waals surface area (Å²) in [5.41, 5.74) is 12.1. The van der Waals surface area contributed by atoms with Crippen molar-refractivity contribution in [2.45, 2.75) is 0 Å². The van der Waals surface area contributed by atoms with Crippen molar-refractivity contribution in [3.8, 4) is 33.4 Å². The topological polar surface area (TPSA) is 16.4 Å². The number of anilines is 3. The van der Waals surface area contributed by atoms with Gasteiger partial charge in [-0.2, -0.15) is 0 Å². The molecule has 2 nitrogen and oxygen atoms in total. The summed E-state index contributed by atoms with van der Waals surface area (Å²) < 4.78 is 6.86. The van der Waals surface area contributed by atoms with Crippen LogP contribution >= 0.6 is 0 Å². The Morgan fingerprint density at radius 1 is 0.281 bits per heavy atom. The van der Waals surface area contributed by atoms with Crippen molar-refractivity contribution in [3.05, 3.63) is 237 Å². The van der Waals surface area contributed by atoms with Gasteiger partial charge in [0.05, 0.1) is 5.69 Å². The van der Waals surface area contributed by atoms with Gasteiger partial charge in [-0.15, -0.1) is 0 Å². The van der Waals surface area contributed by atoms with E-state index in [1.165, 1.54) is 81.7 Å². The summed E-state index contributed by atoms with van der Waals surface area (Å²) in [6.45, 7) is 0. The Balaban J connectivity index is 0.919. The molecule has 0 aliphatic heterocycles. The van der Waals surface area contributed by atoms with E-state index in [0.29, 0.717) is 0 Å². The van der Waals surface area contributed by atoms with Gasteiger partial charge in [0.15, 0.2) is 5.58 Å². The summed E-state index contributed by atoms with van der Waals surface area (Å²) in [5.74, 6) is 0. The highest BCUT2D eigenvalue weighted by atomic mass is 16.3. The molecule has 0 bridgehead atoms. The summed E-state index contributed by atoms with van der Waals surface area (Å²) in [7, 11) is 0. The average molecular weight is 814 g/mol. The maximum Gasteiger partial charge on any atom is 0.159 e. The van der Waals surface area contributed by atoms with Gasteiger partial charge >= 0.3 is 0 Å². The Morgan fingerprint density at radius 3 is 1.50 bits per heavy atom. The highest BCUT2D eigenvalue weighted by molar-refractivity contribution is 6.21. The maximum atomic E-state index is 6.86. The van der Waals surface area contributed by atoms with Crippen LogP contribution in [0.15, 0.2) is 241 Å². The Labute approximate surface area is 370 Å². The SMILES string of the molecule is c1ccc2cc(-c3ccc4cc(-c5ccc(N(c6ccc7c(-c8ccc9ccccc9c8)cccc7c6)c6cccc7c6oc6ccc8ccccc8c67)cc5)ccc4c3)ccc2c1. The first kappa shape index (κ1) is 36.2. The molecule has 0 amide bonds. The molecule has 0 atom stereocenters. The molecule has 2 heteroatoms. The monoisotopic (exact) mass is 813 g/mol. The molecular weight excluding hydrogens is 775 g/mol. The van der Waals surface area contributed by atoms with Crippen LogP contribution in [0.25, 0.3) is 109 Å². The Bertz CT molecular complexity index is 3970. The first-order valence-electron chi connectivity index (χ1n) is 22.0. The molecule has 13 rings (SSSR count). The van der Waals surface area contributed by atoms with E-state index in [1.807, 2.05) is 0 Å². The summed E-state index contributed by atoms with van der Waals surface area (Å²) in [4.78, 5) is 2.35. The number of hydrogen-bond donors (Lipinski definition) is 0. The molecule has 64 heavy (non-hydrogen) atoms. The smallest absolute Gasteiger partial charge is 0.159 e. The lowest BCUT2D eigenvalue weighted by Gasteiger charge is -2.26. The minimum absolute atomic E-state index is 0.862. The van der Waals surface area contributed by atoms with E-state index in [4.69, 9.17) is 4.42 Å². The fourth-order valence-electron chi connectivity index (χ4n) is 9.95. The van der Waals surface area contributed by atoms with E-state index < -0.39 is 0 Å². The lowest BCUT2D eigenvalue weighted by Crippen LogP contribution is -2.10. The summed E-state index contributed by atoms with van der Waals surface area (Å²) in [5, 5.41) is 14.5. The summed E-state index contributed by atoms with van der Waals surface area (Å²) in [6.07, 6.45) is 0. The van der Waals surface area contributed by atoms with Crippen LogP contribution in [0.4, 0.5) is 17.1 Å². The van der Waals surface area contributed by atoms with E-state index in [1.54, 1.807) is 0 Å². The second-order valence-corrected chi connectivity index (χ2v) is 16.9. The van der Waals surface area contributed by atoms with Gasteiger partial charge in [-0.3, -0.25) is 0 Å². The van der Waals surface area contributed by atoms with Crippen LogP contribution in [-0.4, -0.2) is 0 Å². The number of rotatable bonds is 6. The van der Waals surface area contributed by atoms with Crippen LogP contribution in [-0.2, 0) is 0 Å². The van der Waals surface area contributed by atoms with Crippen LogP contribution in [0.3, 0.4) is 0 Å². The molecule has 0 radical (unpaired) electrons. The molecular formula is C62H39NO. The van der Waals surface area contributed by atoms with E-state index in [-0.39, 0.29) is 0 Å².